The fourth-order valence-electron chi connectivity index (χ4n) is 2.57. The Labute approximate surface area is 102 Å². The van der Waals surface area contributed by atoms with E-state index < -0.39 is 9.84 Å². The summed E-state index contributed by atoms with van der Waals surface area (Å²) in [6.07, 6.45) is 2.14. The van der Waals surface area contributed by atoms with Crippen LogP contribution in [0.15, 0.2) is 0 Å². The molecule has 0 aromatic carbocycles. The predicted molar refractivity (Wildman–Crippen MR) is 65.5 cm³/mol. The van der Waals surface area contributed by atoms with Crippen LogP contribution < -0.4 is 5.32 Å². The van der Waals surface area contributed by atoms with Crippen LogP contribution in [0.2, 0.25) is 0 Å². The van der Waals surface area contributed by atoms with Crippen molar-refractivity contribution in [2.75, 3.05) is 24.6 Å². The fourth-order valence-corrected chi connectivity index (χ4v) is 4.03. The van der Waals surface area contributed by atoms with Gasteiger partial charge in [0.1, 0.15) is 9.84 Å². The third kappa shape index (κ3) is 2.98. The number of nitrogens with zero attached hydrogens (tertiary/aromatic N) is 1. The van der Waals surface area contributed by atoms with Crippen molar-refractivity contribution < 1.29 is 13.2 Å². The van der Waals surface area contributed by atoms with Gasteiger partial charge in [-0.3, -0.25) is 4.79 Å². The third-order valence-electron chi connectivity index (χ3n) is 3.64. The molecule has 2 aliphatic rings. The smallest absolute Gasteiger partial charge is 0.239 e. The molecule has 2 aliphatic heterocycles. The monoisotopic (exact) mass is 260 g/mol. The Morgan fingerprint density at radius 1 is 1.29 bits per heavy atom. The number of amides is 1. The minimum atomic E-state index is -2.85. The lowest BCUT2D eigenvalue weighted by Crippen LogP contribution is -2.49. The van der Waals surface area contributed by atoms with E-state index in [2.05, 4.69) is 5.32 Å². The molecular formula is C11H20N2O3S. The molecule has 1 N–H and O–H groups in total. The Morgan fingerprint density at radius 2 is 1.94 bits per heavy atom. The second-order valence-electron chi connectivity index (χ2n) is 4.94. The molecule has 0 spiro atoms. The Balaban J connectivity index is 2.04. The van der Waals surface area contributed by atoms with Gasteiger partial charge in [-0.05, 0) is 32.7 Å². The average Bonchev–Trinajstić information content (AvgIpc) is 2.43. The van der Waals surface area contributed by atoms with Gasteiger partial charge in [0.2, 0.25) is 5.91 Å². The fraction of sp³-hybridized carbons (Fsp3) is 0.909. The molecule has 0 aliphatic carbocycles. The van der Waals surface area contributed by atoms with Crippen molar-refractivity contribution >= 4 is 15.7 Å². The van der Waals surface area contributed by atoms with Gasteiger partial charge in [0.15, 0.2) is 0 Å². The molecule has 0 aromatic rings. The van der Waals surface area contributed by atoms with Crippen molar-refractivity contribution in [2.45, 2.75) is 38.3 Å². The zero-order chi connectivity index (χ0) is 12.5. The van der Waals surface area contributed by atoms with E-state index >= 15 is 0 Å². The minimum Gasteiger partial charge on any atom is -0.338 e. The van der Waals surface area contributed by atoms with E-state index in [-0.39, 0.29) is 29.5 Å². The Kier molecular flexibility index (Phi) is 3.73. The van der Waals surface area contributed by atoms with Crippen LogP contribution in [0.25, 0.3) is 0 Å². The van der Waals surface area contributed by atoms with Crippen LogP contribution in [0.5, 0.6) is 0 Å². The number of sulfone groups is 1. The second-order valence-corrected chi connectivity index (χ2v) is 7.25. The normalized spacial score (nSPS) is 31.2. The molecule has 0 aromatic heterocycles. The molecule has 2 heterocycles. The summed E-state index contributed by atoms with van der Waals surface area (Å²) in [6.45, 7) is 3.48. The zero-order valence-corrected chi connectivity index (χ0v) is 11.0. The van der Waals surface area contributed by atoms with Gasteiger partial charge >= 0.3 is 0 Å². The standard InChI is InChI=1S/C11H20N2O3S/c1-9-11(14)13(6-2-5-12-9)10-3-7-17(15,16)8-4-10/h9-10,12H,2-8H2,1H3. The van der Waals surface area contributed by atoms with Crippen molar-refractivity contribution in [1.82, 2.24) is 10.2 Å². The molecular weight excluding hydrogens is 240 g/mol. The number of rotatable bonds is 1. The maximum absolute atomic E-state index is 12.1. The molecule has 6 heteroatoms. The quantitative estimate of drug-likeness (QED) is 0.707. The molecule has 0 radical (unpaired) electrons. The summed E-state index contributed by atoms with van der Waals surface area (Å²) < 4.78 is 22.8. The van der Waals surface area contributed by atoms with E-state index in [1.807, 2.05) is 11.8 Å². The first-order chi connectivity index (χ1) is 7.99. The van der Waals surface area contributed by atoms with Gasteiger partial charge in [-0.15, -0.1) is 0 Å². The van der Waals surface area contributed by atoms with Crippen LogP contribution in [-0.4, -0.2) is 55.9 Å². The maximum atomic E-state index is 12.1. The molecule has 1 atom stereocenters. The number of carbonyl (C=O) groups is 1. The summed E-state index contributed by atoms with van der Waals surface area (Å²) in [6, 6.07) is -0.0237. The van der Waals surface area contributed by atoms with E-state index in [9.17, 15) is 13.2 Å². The van der Waals surface area contributed by atoms with Gasteiger partial charge in [0.05, 0.1) is 17.5 Å². The number of carbonyl (C=O) groups excluding carboxylic acids is 1. The van der Waals surface area contributed by atoms with E-state index in [0.717, 1.165) is 19.5 Å². The average molecular weight is 260 g/mol. The SMILES string of the molecule is CC1NCCCN(C2CCS(=O)(=O)CC2)C1=O. The van der Waals surface area contributed by atoms with Crippen molar-refractivity contribution in [2.24, 2.45) is 0 Å². The van der Waals surface area contributed by atoms with Crippen LogP contribution >= 0.6 is 0 Å². The molecule has 0 saturated carbocycles. The molecule has 5 nitrogen and oxygen atoms in total. The summed E-state index contributed by atoms with van der Waals surface area (Å²) in [5.74, 6) is 0.568. The highest BCUT2D eigenvalue weighted by atomic mass is 32.2. The molecule has 2 rings (SSSR count). The molecule has 17 heavy (non-hydrogen) atoms. The molecule has 1 amide bonds. The summed E-state index contributed by atoms with van der Waals surface area (Å²) in [5.41, 5.74) is 0. The first kappa shape index (κ1) is 12.8. The number of nitrogens with one attached hydrogen (secondary N) is 1. The largest absolute Gasteiger partial charge is 0.338 e. The topological polar surface area (TPSA) is 66.5 Å². The first-order valence-electron chi connectivity index (χ1n) is 6.24. The molecule has 1 unspecified atom stereocenters. The van der Waals surface area contributed by atoms with E-state index in [1.54, 1.807) is 0 Å². The van der Waals surface area contributed by atoms with Crippen LogP contribution in [0.1, 0.15) is 26.2 Å². The zero-order valence-electron chi connectivity index (χ0n) is 10.2. The molecule has 2 saturated heterocycles. The van der Waals surface area contributed by atoms with Crippen molar-refractivity contribution in [1.29, 1.82) is 0 Å². The van der Waals surface area contributed by atoms with Gasteiger partial charge in [-0.2, -0.15) is 0 Å². The van der Waals surface area contributed by atoms with E-state index in [4.69, 9.17) is 0 Å². The van der Waals surface area contributed by atoms with Gasteiger partial charge in [0.25, 0.3) is 0 Å². The first-order valence-corrected chi connectivity index (χ1v) is 8.06. The Morgan fingerprint density at radius 3 is 2.59 bits per heavy atom. The summed E-state index contributed by atoms with van der Waals surface area (Å²) in [5, 5.41) is 3.17. The van der Waals surface area contributed by atoms with Crippen molar-refractivity contribution in [3.05, 3.63) is 0 Å². The maximum Gasteiger partial charge on any atom is 0.239 e. The van der Waals surface area contributed by atoms with Gasteiger partial charge in [0, 0.05) is 12.6 Å². The van der Waals surface area contributed by atoms with E-state index in [0.29, 0.717) is 12.8 Å². The van der Waals surface area contributed by atoms with Crippen molar-refractivity contribution in [3.63, 3.8) is 0 Å². The highest BCUT2D eigenvalue weighted by Gasteiger charge is 2.33. The summed E-state index contributed by atoms with van der Waals surface area (Å²) >= 11 is 0. The lowest BCUT2D eigenvalue weighted by Gasteiger charge is -2.34. The van der Waals surface area contributed by atoms with Gasteiger partial charge < -0.3 is 10.2 Å². The predicted octanol–water partition coefficient (Wildman–Crippen LogP) is -0.226. The van der Waals surface area contributed by atoms with Gasteiger partial charge in [-0.1, -0.05) is 0 Å². The highest BCUT2D eigenvalue weighted by molar-refractivity contribution is 7.91. The third-order valence-corrected chi connectivity index (χ3v) is 5.36. The van der Waals surface area contributed by atoms with Gasteiger partial charge in [-0.25, -0.2) is 8.42 Å². The van der Waals surface area contributed by atoms with Crippen LogP contribution in [-0.2, 0) is 14.6 Å². The van der Waals surface area contributed by atoms with Crippen LogP contribution in [0, 0.1) is 0 Å². The lowest BCUT2D eigenvalue weighted by molar-refractivity contribution is -0.134. The molecule has 2 fully saturated rings. The summed E-state index contributed by atoms with van der Waals surface area (Å²) in [4.78, 5) is 14.0. The number of hydrogen-bond acceptors (Lipinski definition) is 4. The van der Waals surface area contributed by atoms with E-state index in [1.165, 1.54) is 0 Å². The molecule has 0 bridgehead atoms. The lowest BCUT2D eigenvalue weighted by atomic mass is 10.1. The number of hydrogen-bond donors (Lipinski definition) is 1. The van der Waals surface area contributed by atoms with Crippen LogP contribution in [0.3, 0.4) is 0 Å². The molecule has 98 valence electrons. The Hall–Kier alpha value is -0.620. The minimum absolute atomic E-state index is 0.117. The Bertz CT molecular complexity index is 380. The highest BCUT2D eigenvalue weighted by Crippen LogP contribution is 2.20. The summed E-state index contributed by atoms with van der Waals surface area (Å²) in [7, 11) is -2.85. The second kappa shape index (κ2) is 4.94. The van der Waals surface area contributed by atoms with Crippen molar-refractivity contribution in [3.8, 4) is 0 Å². The van der Waals surface area contributed by atoms with Crippen LogP contribution in [0.4, 0.5) is 0 Å².